The van der Waals surface area contributed by atoms with Crippen molar-refractivity contribution in [3.8, 4) is 17.0 Å². The van der Waals surface area contributed by atoms with Crippen molar-refractivity contribution in [3.05, 3.63) is 65.6 Å². The van der Waals surface area contributed by atoms with Crippen LogP contribution >= 0.6 is 0 Å². The average Bonchev–Trinajstić information content (AvgIpc) is 3.25. The number of ether oxygens (including phenoxy) is 1. The molecule has 0 saturated carbocycles. The van der Waals surface area contributed by atoms with E-state index >= 15 is 0 Å². The summed E-state index contributed by atoms with van der Waals surface area (Å²) in [5.74, 6) is -3.09. The number of rotatable bonds is 6. The van der Waals surface area contributed by atoms with E-state index in [1.165, 1.54) is 25.3 Å². The number of aromatic amines is 1. The zero-order chi connectivity index (χ0) is 22.7. The number of halogens is 3. The van der Waals surface area contributed by atoms with E-state index in [1.807, 2.05) is 0 Å². The Morgan fingerprint density at radius 3 is 2.84 bits per heavy atom. The van der Waals surface area contributed by atoms with Crippen LogP contribution in [-0.4, -0.2) is 42.2 Å². The highest BCUT2D eigenvalue weighted by Gasteiger charge is 2.36. The molecule has 1 aromatic heterocycles. The Kier molecular flexibility index (Phi) is 6.07. The molecule has 1 fully saturated rings. The van der Waals surface area contributed by atoms with Gasteiger partial charge in [0, 0.05) is 24.2 Å². The van der Waals surface area contributed by atoms with E-state index in [2.05, 4.69) is 15.5 Å². The zero-order valence-corrected chi connectivity index (χ0v) is 17.5. The lowest BCUT2D eigenvalue weighted by Crippen LogP contribution is -2.43. The third-order valence-corrected chi connectivity index (χ3v) is 5.39. The van der Waals surface area contributed by atoms with Crippen molar-refractivity contribution in [2.45, 2.75) is 25.3 Å². The third-order valence-electron chi connectivity index (χ3n) is 5.39. The number of H-pyrrole nitrogens is 1. The Morgan fingerprint density at radius 2 is 2.06 bits per heavy atom. The molecular weight excluding hydrogens is 421 g/mol. The van der Waals surface area contributed by atoms with Crippen LogP contribution in [0.5, 0.6) is 5.75 Å². The van der Waals surface area contributed by atoms with Crippen LogP contribution in [-0.2, 0) is 6.54 Å². The lowest BCUT2D eigenvalue weighted by atomic mass is 10.0. The fourth-order valence-corrected chi connectivity index (χ4v) is 3.86. The molecule has 1 amide bonds. The second-order valence-electron chi connectivity index (χ2n) is 7.70. The van der Waals surface area contributed by atoms with E-state index in [1.54, 1.807) is 35.2 Å². The number of piperidine rings is 1. The minimum Gasteiger partial charge on any atom is -0.496 e. The molecule has 2 heterocycles. The Morgan fingerprint density at radius 1 is 1.25 bits per heavy atom. The highest BCUT2D eigenvalue weighted by Crippen LogP contribution is 2.32. The second kappa shape index (κ2) is 8.94. The van der Waals surface area contributed by atoms with Gasteiger partial charge in [0.1, 0.15) is 11.6 Å². The SMILES string of the molecule is COc1ccc(F)cc1-c1cc(CNC(=O)c2ccccc2N2CCCC(F)(F)C2)n[nH]1. The van der Waals surface area contributed by atoms with Gasteiger partial charge in [0.2, 0.25) is 0 Å². The maximum absolute atomic E-state index is 13.9. The molecule has 0 spiro atoms. The van der Waals surface area contributed by atoms with Gasteiger partial charge in [0.05, 0.1) is 37.2 Å². The number of benzene rings is 2. The summed E-state index contributed by atoms with van der Waals surface area (Å²) in [6.07, 6.45) is 0.220. The number of aromatic nitrogens is 2. The molecular formula is C23H23F3N4O2. The highest BCUT2D eigenvalue weighted by atomic mass is 19.3. The number of hydrogen-bond acceptors (Lipinski definition) is 4. The summed E-state index contributed by atoms with van der Waals surface area (Å²) >= 11 is 0. The number of amides is 1. The van der Waals surface area contributed by atoms with E-state index in [9.17, 15) is 18.0 Å². The van der Waals surface area contributed by atoms with E-state index in [0.717, 1.165) is 0 Å². The Bertz CT molecular complexity index is 1120. The van der Waals surface area contributed by atoms with Gasteiger partial charge in [-0.3, -0.25) is 9.89 Å². The number of para-hydroxylation sites is 1. The van der Waals surface area contributed by atoms with Crippen molar-refractivity contribution in [2.75, 3.05) is 25.1 Å². The predicted octanol–water partition coefficient (Wildman–Crippen LogP) is 4.39. The number of anilines is 1. The molecule has 168 valence electrons. The highest BCUT2D eigenvalue weighted by molar-refractivity contribution is 5.99. The van der Waals surface area contributed by atoms with Crippen LogP contribution in [0.3, 0.4) is 0 Å². The molecule has 2 aromatic carbocycles. The Hall–Kier alpha value is -3.49. The van der Waals surface area contributed by atoms with Gasteiger partial charge >= 0.3 is 0 Å². The first-order valence-corrected chi connectivity index (χ1v) is 10.2. The molecule has 9 heteroatoms. The molecule has 0 radical (unpaired) electrons. The largest absolute Gasteiger partial charge is 0.496 e. The maximum atomic E-state index is 13.9. The Balaban J connectivity index is 1.47. The van der Waals surface area contributed by atoms with Gasteiger partial charge in [0.15, 0.2) is 0 Å². The molecule has 2 N–H and O–H groups in total. The quantitative estimate of drug-likeness (QED) is 0.592. The van der Waals surface area contributed by atoms with Crippen molar-refractivity contribution in [2.24, 2.45) is 0 Å². The van der Waals surface area contributed by atoms with Crippen LogP contribution in [0, 0.1) is 5.82 Å². The summed E-state index contributed by atoms with van der Waals surface area (Å²) in [6, 6.07) is 12.6. The zero-order valence-electron chi connectivity index (χ0n) is 17.5. The molecule has 1 saturated heterocycles. The molecule has 1 aliphatic rings. The summed E-state index contributed by atoms with van der Waals surface area (Å²) in [5, 5.41) is 9.77. The van der Waals surface area contributed by atoms with Crippen LogP contribution in [0.25, 0.3) is 11.3 Å². The lowest BCUT2D eigenvalue weighted by Gasteiger charge is -2.35. The molecule has 3 aromatic rings. The first-order valence-electron chi connectivity index (χ1n) is 10.2. The molecule has 0 unspecified atom stereocenters. The molecule has 1 aliphatic heterocycles. The van der Waals surface area contributed by atoms with Gasteiger partial charge in [-0.05, 0) is 42.8 Å². The topological polar surface area (TPSA) is 70.2 Å². The van der Waals surface area contributed by atoms with Crippen LogP contribution < -0.4 is 15.0 Å². The van der Waals surface area contributed by atoms with Crippen LogP contribution in [0.2, 0.25) is 0 Å². The summed E-state index contributed by atoms with van der Waals surface area (Å²) in [5.41, 5.74) is 2.39. The van der Waals surface area contributed by atoms with E-state index < -0.39 is 18.3 Å². The average molecular weight is 444 g/mol. The van der Waals surface area contributed by atoms with Gasteiger partial charge in [-0.15, -0.1) is 0 Å². The first kappa shape index (κ1) is 21.7. The molecule has 6 nitrogen and oxygen atoms in total. The molecule has 0 atom stereocenters. The number of methoxy groups -OCH3 is 1. The lowest BCUT2D eigenvalue weighted by molar-refractivity contribution is -0.0117. The fourth-order valence-electron chi connectivity index (χ4n) is 3.86. The number of carbonyl (C=O) groups excluding carboxylic acids is 1. The van der Waals surface area contributed by atoms with E-state index in [0.29, 0.717) is 46.9 Å². The van der Waals surface area contributed by atoms with Gasteiger partial charge in [-0.25, -0.2) is 13.2 Å². The first-order chi connectivity index (χ1) is 15.4. The number of nitrogens with zero attached hydrogens (tertiary/aromatic N) is 2. The third kappa shape index (κ3) is 4.71. The summed E-state index contributed by atoms with van der Waals surface area (Å²) in [6.45, 7) is 0.172. The predicted molar refractivity (Wildman–Crippen MR) is 115 cm³/mol. The van der Waals surface area contributed by atoms with Crippen molar-refractivity contribution in [3.63, 3.8) is 0 Å². The second-order valence-corrected chi connectivity index (χ2v) is 7.70. The molecule has 0 aliphatic carbocycles. The van der Waals surface area contributed by atoms with E-state index in [-0.39, 0.29) is 18.9 Å². The smallest absolute Gasteiger partial charge is 0.265 e. The fraction of sp³-hybridized carbons (Fsp3) is 0.304. The van der Waals surface area contributed by atoms with Crippen LogP contribution in [0.15, 0.2) is 48.5 Å². The van der Waals surface area contributed by atoms with Crippen molar-refractivity contribution < 1.29 is 22.7 Å². The van der Waals surface area contributed by atoms with Crippen molar-refractivity contribution >= 4 is 11.6 Å². The Labute approximate surface area is 183 Å². The minimum atomic E-state index is -2.77. The van der Waals surface area contributed by atoms with Crippen LogP contribution in [0.4, 0.5) is 18.9 Å². The van der Waals surface area contributed by atoms with Gasteiger partial charge in [-0.2, -0.15) is 5.10 Å². The molecule has 32 heavy (non-hydrogen) atoms. The molecule has 4 rings (SSSR count). The summed E-state index contributed by atoms with van der Waals surface area (Å²) < 4.78 is 46.7. The number of alkyl halides is 2. The minimum absolute atomic E-state index is 0.109. The maximum Gasteiger partial charge on any atom is 0.265 e. The van der Waals surface area contributed by atoms with Gasteiger partial charge in [0.25, 0.3) is 11.8 Å². The van der Waals surface area contributed by atoms with Crippen LogP contribution in [0.1, 0.15) is 28.9 Å². The van der Waals surface area contributed by atoms with Crippen molar-refractivity contribution in [1.29, 1.82) is 0 Å². The van der Waals surface area contributed by atoms with Gasteiger partial charge < -0.3 is 15.0 Å². The molecule has 0 bridgehead atoms. The van der Waals surface area contributed by atoms with Gasteiger partial charge in [-0.1, -0.05) is 12.1 Å². The monoisotopic (exact) mass is 444 g/mol. The number of nitrogens with one attached hydrogen (secondary N) is 2. The number of hydrogen-bond donors (Lipinski definition) is 2. The van der Waals surface area contributed by atoms with E-state index in [4.69, 9.17) is 4.74 Å². The summed E-state index contributed by atoms with van der Waals surface area (Å²) in [7, 11) is 1.49. The standard InChI is InChI=1S/C23H23F3N4O2/c1-32-21-8-7-15(24)11-18(21)19-12-16(28-29-19)13-27-22(31)17-5-2-3-6-20(17)30-10-4-9-23(25,26)14-30/h2-3,5-8,11-12H,4,9-10,13-14H2,1H3,(H,27,31)(H,28,29). The van der Waals surface area contributed by atoms with Crippen molar-refractivity contribution in [1.82, 2.24) is 15.5 Å². The normalized spacial score (nSPS) is 15.4. The summed E-state index contributed by atoms with van der Waals surface area (Å²) in [4.78, 5) is 14.4. The number of carbonyl (C=O) groups is 1.